The van der Waals surface area contributed by atoms with Gasteiger partial charge in [0, 0.05) is 11.5 Å². The summed E-state index contributed by atoms with van der Waals surface area (Å²) in [6, 6.07) is 4.48. The molecule has 0 spiro atoms. The van der Waals surface area contributed by atoms with Gasteiger partial charge in [-0.05, 0) is 31.0 Å². The Labute approximate surface area is 123 Å². The van der Waals surface area contributed by atoms with E-state index in [1.165, 1.54) is 19.2 Å². The highest BCUT2D eigenvalue weighted by atomic mass is 32.2. The highest BCUT2D eigenvalue weighted by Crippen LogP contribution is 2.36. The van der Waals surface area contributed by atoms with Crippen LogP contribution in [0, 0.1) is 15.5 Å². The summed E-state index contributed by atoms with van der Waals surface area (Å²) in [4.78, 5) is 10.4. The lowest BCUT2D eigenvalue weighted by atomic mass is 9.81. The number of ether oxygens (including phenoxy) is 1. The topological polar surface area (TPSA) is 113 Å². The smallest absolute Gasteiger partial charge is 0.273 e. The maximum Gasteiger partial charge on any atom is 0.273 e. The molecule has 1 aliphatic rings. The van der Waals surface area contributed by atoms with Crippen LogP contribution >= 0.6 is 0 Å². The lowest BCUT2D eigenvalue weighted by Crippen LogP contribution is -2.34. The average Bonchev–Trinajstić information content (AvgIpc) is 2.74. The fourth-order valence-electron chi connectivity index (χ4n) is 2.76. The van der Waals surface area contributed by atoms with E-state index >= 15 is 0 Å². The molecule has 2 rings (SSSR count). The molecule has 0 aliphatic carbocycles. The van der Waals surface area contributed by atoms with E-state index < -0.39 is 20.2 Å². The first kappa shape index (κ1) is 15.7. The van der Waals surface area contributed by atoms with Gasteiger partial charge < -0.3 is 10.5 Å². The molecule has 7 nitrogen and oxygen atoms in total. The van der Waals surface area contributed by atoms with Gasteiger partial charge in [-0.2, -0.15) is 0 Å². The van der Waals surface area contributed by atoms with E-state index in [4.69, 9.17) is 10.5 Å². The molecule has 0 radical (unpaired) electrons. The van der Waals surface area contributed by atoms with Gasteiger partial charge >= 0.3 is 0 Å². The zero-order valence-electron chi connectivity index (χ0n) is 11.7. The van der Waals surface area contributed by atoms with Crippen molar-refractivity contribution in [1.82, 2.24) is 0 Å². The van der Waals surface area contributed by atoms with Crippen molar-refractivity contribution in [3.8, 4) is 5.75 Å². The summed E-state index contributed by atoms with van der Waals surface area (Å²) in [5, 5.41) is 10.9. The number of nitro benzene ring substituents is 1. The first-order chi connectivity index (χ1) is 9.79. The van der Waals surface area contributed by atoms with Crippen molar-refractivity contribution in [2.24, 2.45) is 11.1 Å². The summed E-state index contributed by atoms with van der Waals surface area (Å²) in [6.07, 6.45) is 0.873. The Morgan fingerprint density at radius 3 is 2.62 bits per heavy atom. The molecular formula is C13H18N2O5S. The van der Waals surface area contributed by atoms with Gasteiger partial charge in [-0.15, -0.1) is 0 Å². The SMILES string of the molecule is COc1cc(CC2(CN)CCS(=O)(=O)C2)cc([N+](=O)[O-])c1. The van der Waals surface area contributed by atoms with E-state index in [9.17, 15) is 18.5 Å². The number of hydrogen-bond acceptors (Lipinski definition) is 6. The second-order valence-electron chi connectivity index (χ2n) is 5.52. The fourth-order valence-corrected chi connectivity index (χ4v) is 4.94. The molecule has 1 saturated heterocycles. The van der Waals surface area contributed by atoms with Gasteiger partial charge in [-0.1, -0.05) is 0 Å². The van der Waals surface area contributed by atoms with Crippen molar-refractivity contribution >= 4 is 15.5 Å². The van der Waals surface area contributed by atoms with Crippen LogP contribution in [0.3, 0.4) is 0 Å². The summed E-state index contributed by atoms with van der Waals surface area (Å²) in [6.45, 7) is 0.233. The molecule has 1 unspecified atom stereocenters. The summed E-state index contributed by atoms with van der Waals surface area (Å²) in [7, 11) is -1.64. The molecule has 1 aliphatic heterocycles. The van der Waals surface area contributed by atoms with E-state index in [2.05, 4.69) is 0 Å². The minimum absolute atomic E-state index is 0.0293. The van der Waals surface area contributed by atoms with Gasteiger partial charge in [0.1, 0.15) is 5.75 Å². The Bertz CT molecular complexity index is 659. The summed E-state index contributed by atoms with van der Waals surface area (Å²) < 4.78 is 28.5. The molecule has 0 aromatic heterocycles. The van der Waals surface area contributed by atoms with E-state index in [1.54, 1.807) is 6.07 Å². The minimum atomic E-state index is -3.07. The molecule has 0 bridgehead atoms. The van der Waals surface area contributed by atoms with Crippen LogP contribution in [0.15, 0.2) is 18.2 Å². The second kappa shape index (κ2) is 5.61. The predicted octanol–water partition coefficient (Wildman–Crippen LogP) is 0.910. The third-order valence-electron chi connectivity index (χ3n) is 3.88. The number of hydrogen-bond donors (Lipinski definition) is 1. The van der Waals surface area contributed by atoms with Gasteiger partial charge in [0.2, 0.25) is 0 Å². The summed E-state index contributed by atoms with van der Waals surface area (Å²) in [5.74, 6) is 0.532. The number of sulfone groups is 1. The third kappa shape index (κ3) is 3.51. The number of nitrogens with two attached hydrogens (primary N) is 1. The third-order valence-corrected chi connectivity index (χ3v) is 5.76. The van der Waals surface area contributed by atoms with E-state index in [-0.39, 0.29) is 23.7 Å². The van der Waals surface area contributed by atoms with Crippen LogP contribution < -0.4 is 10.5 Å². The van der Waals surface area contributed by atoms with Gasteiger partial charge in [0.05, 0.1) is 29.6 Å². The minimum Gasteiger partial charge on any atom is -0.496 e. The lowest BCUT2D eigenvalue weighted by molar-refractivity contribution is -0.385. The highest BCUT2D eigenvalue weighted by molar-refractivity contribution is 7.91. The Kier molecular flexibility index (Phi) is 4.20. The van der Waals surface area contributed by atoms with Crippen LogP contribution in [-0.4, -0.2) is 38.5 Å². The van der Waals surface area contributed by atoms with Crippen LogP contribution in [0.25, 0.3) is 0 Å². The van der Waals surface area contributed by atoms with Crippen LogP contribution in [0.2, 0.25) is 0 Å². The Balaban J connectivity index is 2.34. The predicted molar refractivity (Wildman–Crippen MR) is 78.1 cm³/mol. The molecule has 1 aromatic rings. The van der Waals surface area contributed by atoms with E-state index in [1.807, 2.05) is 0 Å². The molecule has 21 heavy (non-hydrogen) atoms. The van der Waals surface area contributed by atoms with Crippen LogP contribution in [0.4, 0.5) is 5.69 Å². The maximum atomic E-state index is 11.7. The van der Waals surface area contributed by atoms with Gasteiger partial charge in [-0.3, -0.25) is 10.1 Å². The number of nitrogens with zero attached hydrogens (tertiary/aromatic N) is 1. The lowest BCUT2D eigenvalue weighted by Gasteiger charge is -2.25. The maximum absolute atomic E-state index is 11.7. The second-order valence-corrected chi connectivity index (χ2v) is 7.70. The largest absolute Gasteiger partial charge is 0.496 e. The van der Waals surface area contributed by atoms with Crippen LogP contribution in [0.1, 0.15) is 12.0 Å². The molecule has 8 heteroatoms. The molecular weight excluding hydrogens is 296 g/mol. The quantitative estimate of drug-likeness (QED) is 0.638. The number of rotatable bonds is 5. The molecule has 116 valence electrons. The molecule has 0 amide bonds. The monoisotopic (exact) mass is 314 g/mol. The number of methoxy groups -OCH3 is 1. The van der Waals surface area contributed by atoms with Crippen molar-refractivity contribution in [3.63, 3.8) is 0 Å². The van der Waals surface area contributed by atoms with Crippen molar-refractivity contribution in [2.45, 2.75) is 12.8 Å². The Morgan fingerprint density at radius 2 is 2.14 bits per heavy atom. The molecule has 0 saturated carbocycles. The van der Waals surface area contributed by atoms with E-state index in [0.29, 0.717) is 24.2 Å². The highest BCUT2D eigenvalue weighted by Gasteiger charge is 2.41. The Morgan fingerprint density at radius 1 is 1.43 bits per heavy atom. The number of benzene rings is 1. The van der Waals surface area contributed by atoms with Crippen molar-refractivity contribution in [3.05, 3.63) is 33.9 Å². The summed E-state index contributed by atoms with van der Waals surface area (Å²) in [5.41, 5.74) is 5.83. The molecule has 1 fully saturated rings. The van der Waals surface area contributed by atoms with Crippen molar-refractivity contribution < 1.29 is 18.1 Å². The van der Waals surface area contributed by atoms with Crippen LogP contribution in [-0.2, 0) is 16.3 Å². The zero-order chi connectivity index (χ0) is 15.7. The van der Waals surface area contributed by atoms with Crippen molar-refractivity contribution in [2.75, 3.05) is 25.2 Å². The van der Waals surface area contributed by atoms with Gasteiger partial charge in [-0.25, -0.2) is 8.42 Å². The normalized spacial score (nSPS) is 23.9. The molecule has 1 atom stereocenters. The first-order valence-electron chi connectivity index (χ1n) is 6.52. The first-order valence-corrected chi connectivity index (χ1v) is 8.34. The van der Waals surface area contributed by atoms with Gasteiger partial charge in [0.25, 0.3) is 5.69 Å². The van der Waals surface area contributed by atoms with E-state index in [0.717, 1.165) is 0 Å². The van der Waals surface area contributed by atoms with Gasteiger partial charge in [0.15, 0.2) is 9.84 Å². The molecule has 1 aromatic carbocycles. The summed E-state index contributed by atoms with van der Waals surface area (Å²) >= 11 is 0. The zero-order valence-corrected chi connectivity index (χ0v) is 12.6. The molecule has 1 heterocycles. The number of non-ortho nitro benzene ring substituents is 1. The Hall–Kier alpha value is -1.67. The molecule has 2 N–H and O–H groups in total. The number of nitro groups is 1. The standard InChI is InChI=1S/C13H18N2O5S/c1-20-12-5-10(4-11(6-12)15(16)17)7-13(8-14)2-3-21(18,19)9-13/h4-6H,2-3,7-9,14H2,1H3. The van der Waals surface area contributed by atoms with Crippen molar-refractivity contribution in [1.29, 1.82) is 0 Å². The van der Waals surface area contributed by atoms with Crippen LogP contribution in [0.5, 0.6) is 5.75 Å². The average molecular weight is 314 g/mol. The fraction of sp³-hybridized carbons (Fsp3) is 0.538.